The molecule has 0 unspecified atom stereocenters. The van der Waals surface area contributed by atoms with Gasteiger partial charge in [-0.3, -0.25) is 9.59 Å². The first-order chi connectivity index (χ1) is 8.08. The Hall–Kier alpha value is -1.69. The van der Waals surface area contributed by atoms with Crippen LogP contribution in [0.1, 0.15) is 32.7 Å². The maximum Gasteiger partial charge on any atom is 0.348 e. The van der Waals surface area contributed by atoms with Crippen LogP contribution < -0.4 is 0 Å². The minimum Gasteiger partial charge on any atom is -0.466 e. The third-order valence-corrected chi connectivity index (χ3v) is 2.98. The maximum atomic E-state index is 11.6. The fraction of sp³-hybridized carbons (Fsp3) is 0.364. The van der Waals surface area contributed by atoms with Crippen molar-refractivity contribution in [1.29, 1.82) is 0 Å². The third kappa shape index (κ3) is 3.67. The summed E-state index contributed by atoms with van der Waals surface area (Å²) in [6.45, 7) is 1.91. The quantitative estimate of drug-likeness (QED) is 0.455. The molecular weight excluding hydrogens is 244 g/mol. The number of methoxy groups -OCH3 is 1. The molecule has 0 spiro atoms. The van der Waals surface area contributed by atoms with Gasteiger partial charge in [-0.2, -0.15) is 0 Å². The summed E-state index contributed by atoms with van der Waals surface area (Å²) < 4.78 is 9.18. The van der Waals surface area contributed by atoms with Gasteiger partial charge < -0.3 is 9.47 Å². The molecule has 1 rings (SSSR count). The van der Waals surface area contributed by atoms with E-state index in [1.807, 2.05) is 0 Å². The van der Waals surface area contributed by atoms with Gasteiger partial charge in [-0.25, -0.2) is 4.79 Å². The first-order valence-electron chi connectivity index (χ1n) is 4.95. The lowest BCUT2D eigenvalue weighted by Gasteiger charge is -1.99. The number of ether oxygens (including phenoxy) is 2. The van der Waals surface area contributed by atoms with Crippen LogP contribution in [0.4, 0.5) is 0 Å². The van der Waals surface area contributed by atoms with Crippen molar-refractivity contribution >= 4 is 29.1 Å². The van der Waals surface area contributed by atoms with Crippen molar-refractivity contribution in [3.63, 3.8) is 0 Å². The van der Waals surface area contributed by atoms with Gasteiger partial charge in [0.15, 0.2) is 5.78 Å². The van der Waals surface area contributed by atoms with Crippen molar-refractivity contribution in [3.8, 4) is 0 Å². The first-order valence-corrected chi connectivity index (χ1v) is 5.77. The highest BCUT2D eigenvalue weighted by Crippen LogP contribution is 2.19. The third-order valence-electron chi connectivity index (χ3n) is 1.88. The number of carbonyl (C=O) groups is 3. The van der Waals surface area contributed by atoms with Gasteiger partial charge in [0, 0.05) is 0 Å². The number of rotatable bonds is 5. The smallest absolute Gasteiger partial charge is 0.348 e. The zero-order valence-electron chi connectivity index (χ0n) is 9.52. The second-order valence-corrected chi connectivity index (χ2v) is 4.14. The molecule has 92 valence electrons. The van der Waals surface area contributed by atoms with Gasteiger partial charge in [0.05, 0.1) is 18.6 Å². The lowest BCUT2D eigenvalue weighted by atomic mass is 10.2. The molecule has 0 bridgehead atoms. The Morgan fingerprint density at radius 3 is 2.47 bits per heavy atom. The molecule has 1 aromatic heterocycles. The largest absolute Gasteiger partial charge is 0.466 e. The van der Waals surface area contributed by atoms with Crippen molar-refractivity contribution in [2.75, 3.05) is 13.7 Å². The van der Waals surface area contributed by atoms with E-state index in [1.54, 1.807) is 6.92 Å². The van der Waals surface area contributed by atoms with E-state index in [2.05, 4.69) is 9.47 Å². The Morgan fingerprint density at radius 2 is 1.88 bits per heavy atom. The van der Waals surface area contributed by atoms with E-state index in [9.17, 15) is 14.4 Å². The average Bonchev–Trinajstić information content (AvgIpc) is 2.77. The highest BCUT2D eigenvalue weighted by molar-refractivity contribution is 7.15. The van der Waals surface area contributed by atoms with Gasteiger partial charge in [0.25, 0.3) is 0 Å². The Morgan fingerprint density at radius 1 is 1.24 bits per heavy atom. The lowest BCUT2D eigenvalue weighted by molar-refractivity contribution is -0.141. The molecule has 1 heterocycles. The van der Waals surface area contributed by atoms with Gasteiger partial charge in [-0.05, 0) is 19.1 Å². The van der Waals surface area contributed by atoms with Crippen molar-refractivity contribution in [2.24, 2.45) is 0 Å². The Labute approximate surface area is 102 Å². The summed E-state index contributed by atoms with van der Waals surface area (Å²) in [5.74, 6) is -1.42. The minimum atomic E-state index is -0.564. The number of thiophene rings is 1. The average molecular weight is 256 g/mol. The zero-order valence-corrected chi connectivity index (χ0v) is 10.3. The van der Waals surface area contributed by atoms with Crippen LogP contribution in [0.5, 0.6) is 0 Å². The molecule has 0 aromatic carbocycles. The van der Waals surface area contributed by atoms with E-state index in [-0.39, 0.29) is 18.8 Å². The van der Waals surface area contributed by atoms with Gasteiger partial charge >= 0.3 is 11.9 Å². The fourth-order valence-corrected chi connectivity index (χ4v) is 1.99. The summed E-state index contributed by atoms with van der Waals surface area (Å²) in [7, 11) is 1.27. The van der Waals surface area contributed by atoms with Gasteiger partial charge in [0.2, 0.25) is 0 Å². The summed E-state index contributed by atoms with van der Waals surface area (Å²) >= 11 is 1.00. The molecule has 0 radical (unpaired) electrons. The van der Waals surface area contributed by atoms with E-state index >= 15 is 0 Å². The Kier molecular flexibility index (Phi) is 4.84. The summed E-state index contributed by atoms with van der Waals surface area (Å²) in [4.78, 5) is 34.5. The number of Topliss-reactive ketones (excluding diaryl/α,β-unsaturated/α-hetero) is 1. The molecule has 1 aromatic rings. The summed E-state index contributed by atoms with van der Waals surface area (Å²) in [6, 6.07) is 2.99. The standard InChI is InChI=1S/C11H12O5S/c1-3-16-10(13)6-7(12)8-4-5-9(17-8)11(14)15-2/h4-5H,3,6H2,1-2H3. The van der Waals surface area contributed by atoms with Gasteiger partial charge in [-0.15, -0.1) is 11.3 Å². The highest BCUT2D eigenvalue weighted by Gasteiger charge is 2.17. The molecule has 0 saturated heterocycles. The van der Waals surface area contributed by atoms with Crippen LogP contribution in [0.2, 0.25) is 0 Å². The summed E-state index contributed by atoms with van der Waals surface area (Å²) in [5, 5.41) is 0. The molecule has 6 heteroatoms. The van der Waals surface area contributed by atoms with Gasteiger partial charge in [0.1, 0.15) is 11.3 Å². The number of hydrogen-bond donors (Lipinski definition) is 0. The minimum absolute atomic E-state index is 0.240. The van der Waals surface area contributed by atoms with Crippen LogP contribution in [-0.4, -0.2) is 31.4 Å². The molecule has 5 nitrogen and oxygen atoms in total. The molecule has 0 fully saturated rings. The van der Waals surface area contributed by atoms with E-state index in [0.717, 1.165) is 11.3 Å². The van der Waals surface area contributed by atoms with Crippen molar-refractivity contribution in [2.45, 2.75) is 13.3 Å². The molecule has 0 N–H and O–H groups in total. The fourth-order valence-electron chi connectivity index (χ4n) is 1.13. The number of ketones is 1. The van der Waals surface area contributed by atoms with Crippen LogP contribution in [0.25, 0.3) is 0 Å². The van der Waals surface area contributed by atoms with Crippen molar-refractivity contribution in [1.82, 2.24) is 0 Å². The second-order valence-electron chi connectivity index (χ2n) is 3.06. The first kappa shape index (κ1) is 13.4. The molecule has 0 amide bonds. The van der Waals surface area contributed by atoms with Crippen LogP contribution in [0, 0.1) is 0 Å². The second kappa shape index (κ2) is 6.15. The molecule has 17 heavy (non-hydrogen) atoms. The highest BCUT2D eigenvalue weighted by atomic mass is 32.1. The summed E-state index contributed by atoms with van der Waals surface area (Å²) in [5.41, 5.74) is 0. The van der Waals surface area contributed by atoms with Crippen LogP contribution in [-0.2, 0) is 14.3 Å². The Balaban J connectivity index is 2.67. The Bertz CT molecular complexity index is 435. The zero-order chi connectivity index (χ0) is 12.8. The normalized spacial score (nSPS) is 9.76. The van der Waals surface area contributed by atoms with Crippen LogP contribution in [0.15, 0.2) is 12.1 Å². The molecule has 0 atom stereocenters. The van der Waals surface area contributed by atoms with Gasteiger partial charge in [-0.1, -0.05) is 0 Å². The maximum absolute atomic E-state index is 11.6. The summed E-state index contributed by atoms with van der Waals surface area (Å²) in [6.07, 6.45) is -0.311. The number of carbonyl (C=O) groups excluding carboxylic acids is 3. The molecule has 0 aliphatic heterocycles. The molecular formula is C11H12O5S. The monoisotopic (exact) mass is 256 g/mol. The van der Waals surface area contributed by atoms with Crippen LogP contribution in [0.3, 0.4) is 0 Å². The molecule has 0 saturated carbocycles. The van der Waals surface area contributed by atoms with E-state index in [1.165, 1.54) is 19.2 Å². The molecule has 0 aliphatic rings. The number of hydrogen-bond acceptors (Lipinski definition) is 6. The van der Waals surface area contributed by atoms with E-state index < -0.39 is 11.9 Å². The van der Waals surface area contributed by atoms with E-state index in [4.69, 9.17) is 0 Å². The SMILES string of the molecule is CCOC(=O)CC(=O)c1ccc(C(=O)OC)s1. The molecule has 0 aliphatic carbocycles. The van der Waals surface area contributed by atoms with E-state index in [0.29, 0.717) is 9.75 Å². The van der Waals surface area contributed by atoms with Crippen molar-refractivity contribution in [3.05, 3.63) is 21.9 Å². The predicted octanol–water partition coefficient (Wildman–Crippen LogP) is 1.67. The van der Waals surface area contributed by atoms with Crippen LogP contribution >= 0.6 is 11.3 Å². The lowest BCUT2D eigenvalue weighted by Crippen LogP contribution is -2.10. The topological polar surface area (TPSA) is 69.7 Å². The van der Waals surface area contributed by atoms with Crippen molar-refractivity contribution < 1.29 is 23.9 Å². The predicted molar refractivity (Wildman–Crippen MR) is 61.2 cm³/mol. The number of esters is 2.